The molecule has 3 rings (SSSR count). The Labute approximate surface area is 165 Å². The summed E-state index contributed by atoms with van der Waals surface area (Å²) in [4.78, 5) is 22.1. The van der Waals surface area contributed by atoms with Gasteiger partial charge in [0.2, 0.25) is 0 Å². The first-order valence-electron chi connectivity index (χ1n) is 8.10. The Balaban J connectivity index is 1.72. The summed E-state index contributed by atoms with van der Waals surface area (Å²) in [5.74, 6) is -0.629. The first-order valence-corrected chi connectivity index (χ1v) is 9.99. The molecule has 3 aromatic rings. The van der Waals surface area contributed by atoms with E-state index in [1.807, 2.05) is 0 Å². The Bertz CT molecular complexity index is 1200. The lowest BCUT2D eigenvalue weighted by atomic mass is 10.2. The molecule has 0 radical (unpaired) electrons. The molecule has 0 saturated heterocycles. The van der Waals surface area contributed by atoms with E-state index in [-0.39, 0.29) is 28.1 Å². The molecule has 1 heterocycles. The molecule has 0 spiro atoms. The van der Waals surface area contributed by atoms with Crippen LogP contribution in [0, 0.1) is 10.1 Å². The molecule has 0 aliphatic carbocycles. The van der Waals surface area contributed by atoms with Gasteiger partial charge in [0.05, 0.1) is 15.4 Å². The summed E-state index contributed by atoms with van der Waals surface area (Å²) in [5, 5.41) is 20.5. The zero-order chi connectivity index (χ0) is 21.0. The highest BCUT2D eigenvalue weighted by atomic mass is 32.2. The SMILES string of the molecule is CS(=O)(=O)c1ccccc1-c1nnc(NC(=O)C=Cc2ccc([N+](=O)[O-])cc2)o1. The van der Waals surface area contributed by atoms with E-state index in [1.54, 1.807) is 12.1 Å². The number of hydrogen-bond acceptors (Lipinski definition) is 8. The van der Waals surface area contributed by atoms with Gasteiger partial charge in [0.25, 0.3) is 17.5 Å². The molecule has 11 heteroatoms. The highest BCUT2D eigenvalue weighted by molar-refractivity contribution is 7.90. The molecule has 0 aliphatic heterocycles. The minimum Gasteiger partial charge on any atom is -0.403 e. The topological polar surface area (TPSA) is 145 Å². The number of aromatic nitrogens is 2. The average Bonchev–Trinajstić information content (AvgIpc) is 3.14. The molecule has 29 heavy (non-hydrogen) atoms. The van der Waals surface area contributed by atoms with E-state index in [9.17, 15) is 23.3 Å². The van der Waals surface area contributed by atoms with Crippen molar-refractivity contribution in [1.82, 2.24) is 10.2 Å². The number of nitro groups is 1. The van der Waals surface area contributed by atoms with Gasteiger partial charge in [0.15, 0.2) is 9.84 Å². The van der Waals surface area contributed by atoms with Crippen LogP contribution in [0.4, 0.5) is 11.7 Å². The van der Waals surface area contributed by atoms with Crippen LogP contribution in [-0.2, 0) is 14.6 Å². The van der Waals surface area contributed by atoms with Crippen molar-refractivity contribution in [2.24, 2.45) is 0 Å². The summed E-state index contributed by atoms with van der Waals surface area (Å²) < 4.78 is 29.1. The van der Waals surface area contributed by atoms with Gasteiger partial charge >= 0.3 is 6.01 Å². The van der Waals surface area contributed by atoms with E-state index >= 15 is 0 Å². The lowest BCUT2D eigenvalue weighted by Gasteiger charge is -2.03. The third-order valence-electron chi connectivity index (χ3n) is 3.70. The van der Waals surface area contributed by atoms with Crippen LogP contribution in [0.1, 0.15) is 5.56 Å². The van der Waals surface area contributed by atoms with Crippen molar-refractivity contribution in [3.05, 3.63) is 70.3 Å². The van der Waals surface area contributed by atoms with E-state index in [4.69, 9.17) is 4.42 Å². The van der Waals surface area contributed by atoms with Gasteiger partial charge in [-0.2, -0.15) is 0 Å². The number of hydrogen-bond donors (Lipinski definition) is 1. The second kappa shape index (κ2) is 8.02. The molecule has 0 fully saturated rings. The molecular formula is C18H14N4O6S. The third-order valence-corrected chi connectivity index (χ3v) is 4.86. The lowest BCUT2D eigenvalue weighted by Crippen LogP contribution is -2.07. The molecule has 2 aromatic carbocycles. The van der Waals surface area contributed by atoms with Gasteiger partial charge in [-0.05, 0) is 35.9 Å². The Morgan fingerprint density at radius 3 is 2.48 bits per heavy atom. The molecule has 1 aromatic heterocycles. The average molecular weight is 414 g/mol. The van der Waals surface area contributed by atoms with Crippen molar-refractivity contribution in [1.29, 1.82) is 0 Å². The minimum absolute atomic E-state index is 0.0274. The molecule has 148 valence electrons. The van der Waals surface area contributed by atoms with Crippen LogP contribution in [0.3, 0.4) is 0 Å². The first-order chi connectivity index (χ1) is 13.7. The Kier molecular flexibility index (Phi) is 5.50. The Morgan fingerprint density at radius 2 is 1.83 bits per heavy atom. The number of nitrogens with one attached hydrogen (secondary N) is 1. The van der Waals surface area contributed by atoms with E-state index in [2.05, 4.69) is 15.5 Å². The number of carbonyl (C=O) groups excluding carboxylic acids is 1. The number of benzene rings is 2. The second-order valence-corrected chi connectivity index (χ2v) is 7.84. The van der Waals surface area contributed by atoms with Crippen LogP contribution in [0.15, 0.2) is 63.9 Å². The fourth-order valence-corrected chi connectivity index (χ4v) is 3.26. The predicted molar refractivity (Wildman–Crippen MR) is 104 cm³/mol. The number of sulfone groups is 1. The smallest absolute Gasteiger partial charge is 0.322 e. The van der Waals surface area contributed by atoms with Crippen molar-refractivity contribution in [3.8, 4) is 11.5 Å². The van der Waals surface area contributed by atoms with Crippen LogP contribution < -0.4 is 5.32 Å². The molecule has 1 amide bonds. The number of amides is 1. The summed E-state index contributed by atoms with van der Waals surface area (Å²) in [6.45, 7) is 0. The molecule has 10 nitrogen and oxygen atoms in total. The molecule has 0 bridgehead atoms. The van der Waals surface area contributed by atoms with Gasteiger partial charge in [0, 0.05) is 24.5 Å². The van der Waals surface area contributed by atoms with E-state index in [0.29, 0.717) is 5.56 Å². The Hall–Kier alpha value is -3.86. The summed E-state index contributed by atoms with van der Waals surface area (Å²) in [5.41, 5.74) is 0.753. The number of nitro benzene ring substituents is 1. The standard InChI is InChI=1S/C18H14N4O6S/c1-29(26,27)15-5-3-2-4-14(15)17-20-21-18(28-17)19-16(23)11-8-12-6-9-13(10-7-12)22(24)25/h2-11H,1H3,(H,19,21,23). The van der Waals surface area contributed by atoms with Gasteiger partial charge in [-0.25, -0.2) is 8.42 Å². The van der Waals surface area contributed by atoms with E-state index < -0.39 is 20.7 Å². The summed E-state index contributed by atoms with van der Waals surface area (Å²) >= 11 is 0. The molecule has 1 N–H and O–H groups in total. The van der Waals surface area contributed by atoms with Gasteiger partial charge in [0.1, 0.15) is 0 Å². The molecule has 0 saturated carbocycles. The Morgan fingerprint density at radius 1 is 1.14 bits per heavy atom. The van der Waals surface area contributed by atoms with Crippen LogP contribution in [-0.4, -0.2) is 35.7 Å². The van der Waals surface area contributed by atoms with Crippen molar-refractivity contribution in [2.45, 2.75) is 4.90 Å². The van der Waals surface area contributed by atoms with Crippen molar-refractivity contribution < 1.29 is 22.6 Å². The van der Waals surface area contributed by atoms with Crippen LogP contribution in [0.25, 0.3) is 17.5 Å². The van der Waals surface area contributed by atoms with Crippen LogP contribution >= 0.6 is 0 Å². The minimum atomic E-state index is -3.51. The molecule has 0 aliphatic rings. The number of carbonyl (C=O) groups is 1. The largest absolute Gasteiger partial charge is 0.403 e. The molecule has 0 unspecified atom stereocenters. The highest BCUT2D eigenvalue weighted by Crippen LogP contribution is 2.27. The fourth-order valence-electron chi connectivity index (χ4n) is 2.38. The summed E-state index contributed by atoms with van der Waals surface area (Å²) in [6.07, 6.45) is 3.71. The maximum Gasteiger partial charge on any atom is 0.322 e. The zero-order valence-corrected chi connectivity index (χ0v) is 15.8. The highest BCUT2D eigenvalue weighted by Gasteiger charge is 2.19. The van der Waals surface area contributed by atoms with E-state index in [1.165, 1.54) is 48.6 Å². The second-order valence-electron chi connectivity index (χ2n) is 5.85. The first kappa shape index (κ1) is 19.9. The van der Waals surface area contributed by atoms with E-state index in [0.717, 1.165) is 6.26 Å². The maximum absolute atomic E-state index is 12.0. The number of nitrogens with zero attached hydrogens (tertiary/aromatic N) is 3. The maximum atomic E-state index is 12.0. The van der Waals surface area contributed by atoms with Gasteiger partial charge in [-0.3, -0.25) is 20.2 Å². The number of anilines is 1. The summed E-state index contributed by atoms with van der Waals surface area (Å²) in [7, 11) is -3.51. The van der Waals surface area contributed by atoms with Crippen molar-refractivity contribution in [2.75, 3.05) is 11.6 Å². The predicted octanol–water partition coefficient (Wildman–Crippen LogP) is 2.70. The normalized spacial score (nSPS) is 11.5. The monoisotopic (exact) mass is 414 g/mol. The zero-order valence-electron chi connectivity index (χ0n) is 15.0. The number of rotatable bonds is 6. The quantitative estimate of drug-likeness (QED) is 0.368. The van der Waals surface area contributed by atoms with Gasteiger partial charge in [-0.1, -0.05) is 17.2 Å². The fraction of sp³-hybridized carbons (Fsp3) is 0.0556. The lowest BCUT2D eigenvalue weighted by molar-refractivity contribution is -0.384. The third kappa shape index (κ3) is 4.90. The van der Waals surface area contributed by atoms with Gasteiger partial charge < -0.3 is 4.42 Å². The van der Waals surface area contributed by atoms with Crippen LogP contribution in [0.5, 0.6) is 0 Å². The summed E-state index contributed by atoms with van der Waals surface area (Å²) in [6, 6.07) is 11.6. The number of non-ortho nitro benzene ring substituents is 1. The molecular weight excluding hydrogens is 400 g/mol. The van der Waals surface area contributed by atoms with Crippen molar-refractivity contribution in [3.63, 3.8) is 0 Å². The van der Waals surface area contributed by atoms with Gasteiger partial charge in [-0.15, -0.1) is 5.10 Å². The van der Waals surface area contributed by atoms with Crippen molar-refractivity contribution >= 4 is 33.5 Å². The van der Waals surface area contributed by atoms with Crippen LogP contribution in [0.2, 0.25) is 0 Å². The molecule has 0 atom stereocenters.